The fraction of sp³-hybridized carbons (Fsp3) is 0.353. The van der Waals surface area contributed by atoms with Crippen molar-refractivity contribution in [2.75, 3.05) is 20.1 Å². The summed E-state index contributed by atoms with van der Waals surface area (Å²) in [5.41, 5.74) is 3.03. The number of likely N-dealkylation sites (N-methyl/N-ethyl adjacent to an activating group) is 1. The molecule has 0 unspecified atom stereocenters. The maximum atomic E-state index is 12.6. The average molecular weight is 325 g/mol. The van der Waals surface area contributed by atoms with Crippen LogP contribution in [0.25, 0.3) is 11.4 Å². The van der Waals surface area contributed by atoms with Gasteiger partial charge in [-0.3, -0.25) is 4.79 Å². The van der Waals surface area contributed by atoms with Crippen molar-refractivity contribution in [1.82, 2.24) is 25.1 Å². The lowest BCUT2D eigenvalue weighted by Crippen LogP contribution is -2.47. The number of carbonyl (C=O) groups excluding carboxylic acids is 2. The number of aromatic nitrogens is 2. The highest BCUT2D eigenvalue weighted by Crippen LogP contribution is 2.23. The second-order valence-corrected chi connectivity index (χ2v) is 6.27. The maximum absolute atomic E-state index is 12.6. The Hall–Kier alpha value is -2.83. The number of hydrogen-bond acceptors (Lipinski definition) is 3. The summed E-state index contributed by atoms with van der Waals surface area (Å²) in [5.74, 6) is 0.804. The fourth-order valence-electron chi connectivity index (χ4n) is 3.24. The summed E-state index contributed by atoms with van der Waals surface area (Å²) in [7, 11) is 1.69. The molecule has 124 valence electrons. The van der Waals surface area contributed by atoms with Crippen LogP contribution in [0.3, 0.4) is 0 Å². The number of imidazole rings is 1. The topological polar surface area (TPSA) is 81.3 Å². The monoisotopic (exact) mass is 325 g/mol. The van der Waals surface area contributed by atoms with Crippen LogP contribution in [0.1, 0.15) is 11.4 Å². The molecule has 0 spiro atoms. The van der Waals surface area contributed by atoms with Crippen molar-refractivity contribution in [1.29, 1.82) is 0 Å². The Morgan fingerprint density at radius 3 is 2.79 bits per heavy atom. The van der Waals surface area contributed by atoms with Crippen LogP contribution in [-0.2, 0) is 17.8 Å². The van der Waals surface area contributed by atoms with Crippen LogP contribution in [0.15, 0.2) is 30.3 Å². The molecule has 2 aliphatic heterocycles. The van der Waals surface area contributed by atoms with E-state index in [9.17, 15) is 9.59 Å². The zero-order valence-electron chi connectivity index (χ0n) is 13.5. The summed E-state index contributed by atoms with van der Waals surface area (Å²) in [6.07, 6.45) is 0.723. The highest BCUT2D eigenvalue weighted by Gasteiger charge is 2.35. The summed E-state index contributed by atoms with van der Waals surface area (Å²) in [6.45, 7) is 1.55. The van der Waals surface area contributed by atoms with Gasteiger partial charge in [0.15, 0.2) is 0 Å². The van der Waals surface area contributed by atoms with Crippen LogP contribution < -0.4 is 5.32 Å². The zero-order valence-corrected chi connectivity index (χ0v) is 13.5. The van der Waals surface area contributed by atoms with Crippen LogP contribution in [0.4, 0.5) is 4.79 Å². The number of fused-ring (bicyclic) bond motifs is 1. The molecule has 4 rings (SSSR count). The summed E-state index contributed by atoms with van der Waals surface area (Å²) in [4.78, 5) is 35.5. The number of rotatable bonds is 2. The molecule has 1 saturated heterocycles. The minimum Gasteiger partial charge on any atom is -0.340 e. The second kappa shape index (κ2) is 5.67. The van der Waals surface area contributed by atoms with Gasteiger partial charge in [0.1, 0.15) is 11.9 Å². The van der Waals surface area contributed by atoms with E-state index in [0.29, 0.717) is 19.6 Å². The maximum Gasteiger partial charge on any atom is 0.317 e. The summed E-state index contributed by atoms with van der Waals surface area (Å²) >= 11 is 0. The second-order valence-electron chi connectivity index (χ2n) is 6.27. The average Bonchev–Trinajstić information content (AvgIpc) is 3.18. The first kappa shape index (κ1) is 14.7. The van der Waals surface area contributed by atoms with Gasteiger partial charge in [0, 0.05) is 25.6 Å². The number of amides is 3. The smallest absolute Gasteiger partial charge is 0.317 e. The first-order valence-electron chi connectivity index (χ1n) is 8.05. The Bertz CT molecular complexity index is 786. The Balaban J connectivity index is 1.51. The van der Waals surface area contributed by atoms with Gasteiger partial charge in [-0.1, -0.05) is 30.3 Å². The molecule has 3 amide bonds. The van der Waals surface area contributed by atoms with Crippen molar-refractivity contribution in [3.05, 3.63) is 41.7 Å². The third-order valence-electron chi connectivity index (χ3n) is 4.59. The molecule has 1 aromatic carbocycles. The molecule has 0 radical (unpaired) electrons. The zero-order chi connectivity index (χ0) is 16.7. The molecule has 1 aromatic heterocycles. The van der Waals surface area contributed by atoms with Crippen LogP contribution in [-0.4, -0.2) is 57.9 Å². The molecule has 0 saturated carbocycles. The van der Waals surface area contributed by atoms with Crippen molar-refractivity contribution in [3.63, 3.8) is 0 Å². The Morgan fingerprint density at radius 1 is 1.29 bits per heavy atom. The standard InChI is InChI=1S/C17H19N5O2/c1-21-9-14(20-17(21)24)16(23)22-8-7-12-13(10-22)19-15(18-12)11-5-3-2-4-6-11/h2-6,14H,7-10H2,1H3,(H,18,19)(H,20,24)/t14-/m1/s1. The molecule has 2 aromatic rings. The number of nitrogens with zero attached hydrogens (tertiary/aromatic N) is 3. The normalized spacial score (nSPS) is 20.0. The van der Waals surface area contributed by atoms with Gasteiger partial charge in [0.25, 0.3) is 0 Å². The van der Waals surface area contributed by atoms with Crippen molar-refractivity contribution < 1.29 is 9.59 Å². The first-order chi connectivity index (χ1) is 11.6. The third kappa shape index (κ3) is 2.51. The van der Waals surface area contributed by atoms with Crippen molar-refractivity contribution in [2.24, 2.45) is 0 Å². The molecule has 2 N–H and O–H groups in total. The molecule has 1 fully saturated rings. The molecule has 7 heteroatoms. The van der Waals surface area contributed by atoms with Gasteiger partial charge >= 0.3 is 6.03 Å². The van der Waals surface area contributed by atoms with E-state index in [1.165, 1.54) is 4.90 Å². The molecule has 2 aliphatic rings. The lowest BCUT2D eigenvalue weighted by atomic mass is 10.1. The molecule has 3 heterocycles. The molecule has 24 heavy (non-hydrogen) atoms. The van der Waals surface area contributed by atoms with E-state index in [1.54, 1.807) is 11.9 Å². The number of benzene rings is 1. The van der Waals surface area contributed by atoms with E-state index in [4.69, 9.17) is 0 Å². The molecule has 0 aliphatic carbocycles. The fourth-order valence-corrected chi connectivity index (χ4v) is 3.24. The summed E-state index contributed by atoms with van der Waals surface area (Å²) in [6, 6.07) is 9.30. The molecular weight excluding hydrogens is 306 g/mol. The number of hydrogen-bond donors (Lipinski definition) is 2. The molecule has 0 bridgehead atoms. The van der Waals surface area contributed by atoms with Crippen LogP contribution >= 0.6 is 0 Å². The predicted molar refractivity (Wildman–Crippen MR) is 88.1 cm³/mol. The van der Waals surface area contributed by atoms with Crippen molar-refractivity contribution >= 4 is 11.9 Å². The lowest BCUT2D eigenvalue weighted by Gasteiger charge is -2.28. The Morgan fingerprint density at radius 2 is 2.08 bits per heavy atom. The van der Waals surface area contributed by atoms with Gasteiger partial charge in [0.2, 0.25) is 5.91 Å². The van der Waals surface area contributed by atoms with Gasteiger partial charge in [-0.15, -0.1) is 0 Å². The van der Waals surface area contributed by atoms with Crippen LogP contribution in [0.5, 0.6) is 0 Å². The van der Waals surface area contributed by atoms with Crippen molar-refractivity contribution in [3.8, 4) is 11.4 Å². The molecular formula is C17H19N5O2. The minimum atomic E-state index is -0.458. The van der Waals surface area contributed by atoms with E-state index in [2.05, 4.69) is 15.3 Å². The van der Waals surface area contributed by atoms with Crippen LogP contribution in [0.2, 0.25) is 0 Å². The summed E-state index contributed by atoms with van der Waals surface area (Å²) < 4.78 is 0. The highest BCUT2D eigenvalue weighted by molar-refractivity contribution is 5.90. The molecule has 7 nitrogen and oxygen atoms in total. The minimum absolute atomic E-state index is 0.0331. The van der Waals surface area contributed by atoms with E-state index < -0.39 is 6.04 Å². The largest absolute Gasteiger partial charge is 0.340 e. The lowest BCUT2D eigenvalue weighted by molar-refractivity contribution is -0.133. The van der Waals surface area contributed by atoms with E-state index >= 15 is 0 Å². The van der Waals surface area contributed by atoms with Gasteiger partial charge in [-0.2, -0.15) is 0 Å². The van der Waals surface area contributed by atoms with Gasteiger partial charge in [-0.25, -0.2) is 9.78 Å². The van der Waals surface area contributed by atoms with Crippen molar-refractivity contribution in [2.45, 2.75) is 19.0 Å². The Kier molecular flexibility index (Phi) is 3.48. The van der Waals surface area contributed by atoms with Gasteiger partial charge in [-0.05, 0) is 0 Å². The summed E-state index contributed by atoms with van der Waals surface area (Å²) in [5, 5.41) is 2.73. The molecule has 1 atom stereocenters. The first-order valence-corrected chi connectivity index (χ1v) is 8.05. The number of H-pyrrole nitrogens is 1. The van der Waals surface area contributed by atoms with E-state index in [1.807, 2.05) is 30.3 Å². The highest BCUT2D eigenvalue weighted by atomic mass is 16.2. The van der Waals surface area contributed by atoms with E-state index in [0.717, 1.165) is 29.2 Å². The Labute approximate surface area is 139 Å². The van der Waals surface area contributed by atoms with Gasteiger partial charge < -0.3 is 20.1 Å². The third-order valence-corrected chi connectivity index (χ3v) is 4.59. The number of carbonyl (C=O) groups is 2. The number of urea groups is 1. The quantitative estimate of drug-likeness (QED) is 0.864. The van der Waals surface area contributed by atoms with Crippen LogP contribution in [0, 0.1) is 0 Å². The van der Waals surface area contributed by atoms with Gasteiger partial charge in [0.05, 0.1) is 24.5 Å². The predicted octanol–water partition coefficient (Wildman–Crippen LogP) is 0.985. The van der Waals surface area contributed by atoms with E-state index in [-0.39, 0.29) is 11.9 Å². The SMILES string of the molecule is CN1C[C@H](C(=O)N2CCc3nc(-c4ccccc4)[nH]c3C2)NC1=O. The number of nitrogens with one attached hydrogen (secondary N) is 2. The number of aromatic amines is 1.